The first-order valence-corrected chi connectivity index (χ1v) is 11.3. The molecule has 1 aliphatic rings. The fourth-order valence-electron chi connectivity index (χ4n) is 4.26. The van der Waals surface area contributed by atoms with Gasteiger partial charge in [0.05, 0.1) is 5.41 Å². The van der Waals surface area contributed by atoms with Crippen LogP contribution >= 0.6 is 0 Å². The highest BCUT2D eigenvalue weighted by Crippen LogP contribution is 2.44. The van der Waals surface area contributed by atoms with E-state index >= 15 is 0 Å². The molecule has 1 aliphatic carbocycles. The number of hydrogen-bond acceptors (Lipinski definition) is 4. The number of aliphatic carboxylic acids is 1. The zero-order chi connectivity index (χ0) is 24.2. The smallest absolute Gasteiger partial charge is 0.407 e. The molecule has 7 nitrogen and oxygen atoms in total. The van der Waals surface area contributed by atoms with E-state index in [9.17, 15) is 19.5 Å². The lowest BCUT2D eigenvalue weighted by Gasteiger charge is -2.33. The van der Waals surface area contributed by atoms with E-state index in [2.05, 4.69) is 34.9 Å². The standard InChI is InChI=1S/C26H32N2O5/c1-5-26(6-2,22(29)28-25(3,4)23(30)31)16-27-24(32)33-15-21-19-13-9-7-11-17(19)18-12-8-10-14-20(18)21/h7-14,21H,5-6,15-16H2,1-4H3,(H,27,32)(H,28,29)(H,30,31). The molecule has 0 fully saturated rings. The van der Waals surface area contributed by atoms with Crippen molar-refractivity contribution in [3.63, 3.8) is 0 Å². The Morgan fingerprint density at radius 1 is 0.939 bits per heavy atom. The lowest BCUT2D eigenvalue weighted by Crippen LogP contribution is -2.57. The maximum atomic E-state index is 12.9. The summed E-state index contributed by atoms with van der Waals surface area (Å²) in [6, 6.07) is 16.2. The molecule has 0 radical (unpaired) electrons. The number of benzene rings is 2. The molecule has 2 aromatic carbocycles. The number of amides is 2. The van der Waals surface area contributed by atoms with Gasteiger partial charge in [0.25, 0.3) is 0 Å². The van der Waals surface area contributed by atoms with Gasteiger partial charge >= 0.3 is 12.1 Å². The first kappa shape index (κ1) is 24.3. The number of rotatable bonds is 9. The van der Waals surface area contributed by atoms with E-state index in [4.69, 9.17) is 4.74 Å². The van der Waals surface area contributed by atoms with Crippen LogP contribution in [0, 0.1) is 5.41 Å². The van der Waals surface area contributed by atoms with Gasteiger partial charge in [-0.25, -0.2) is 9.59 Å². The molecule has 3 rings (SSSR count). The molecule has 0 aliphatic heterocycles. The quantitative estimate of drug-likeness (QED) is 0.526. The summed E-state index contributed by atoms with van der Waals surface area (Å²) in [4.78, 5) is 36.9. The van der Waals surface area contributed by atoms with Crippen molar-refractivity contribution in [1.29, 1.82) is 0 Å². The topological polar surface area (TPSA) is 105 Å². The summed E-state index contributed by atoms with van der Waals surface area (Å²) in [6.07, 6.45) is 0.275. The minimum Gasteiger partial charge on any atom is -0.480 e. The Morgan fingerprint density at radius 2 is 1.45 bits per heavy atom. The van der Waals surface area contributed by atoms with Crippen LogP contribution in [0.3, 0.4) is 0 Å². The van der Waals surface area contributed by atoms with E-state index in [0.29, 0.717) is 12.8 Å². The van der Waals surface area contributed by atoms with E-state index in [1.807, 2.05) is 38.1 Å². The number of carbonyl (C=O) groups is 3. The minimum absolute atomic E-state index is 0.0510. The average molecular weight is 453 g/mol. The molecule has 0 unspecified atom stereocenters. The second-order valence-corrected chi connectivity index (χ2v) is 9.05. The molecule has 0 saturated heterocycles. The van der Waals surface area contributed by atoms with Gasteiger partial charge in [-0.3, -0.25) is 4.79 Å². The van der Waals surface area contributed by atoms with Gasteiger partial charge in [-0.05, 0) is 48.9 Å². The number of nitrogens with one attached hydrogen (secondary N) is 2. The SMILES string of the molecule is CCC(CC)(CNC(=O)OCC1c2ccccc2-c2ccccc21)C(=O)NC(C)(C)C(=O)O. The van der Waals surface area contributed by atoms with Crippen molar-refractivity contribution in [2.75, 3.05) is 13.2 Å². The van der Waals surface area contributed by atoms with E-state index < -0.39 is 28.9 Å². The first-order chi connectivity index (χ1) is 15.6. The lowest BCUT2D eigenvalue weighted by molar-refractivity contribution is -0.148. The summed E-state index contributed by atoms with van der Waals surface area (Å²) in [5.41, 5.74) is 2.21. The van der Waals surface area contributed by atoms with Crippen LogP contribution in [-0.2, 0) is 14.3 Å². The van der Waals surface area contributed by atoms with Gasteiger partial charge in [0.2, 0.25) is 5.91 Å². The number of alkyl carbamates (subject to hydrolysis) is 1. The maximum absolute atomic E-state index is 12.9. The van der Waals surface area contributed by atoms with Crippen LogP contribution in [0.4, 0.5) is 4.79 Å². The van der Waals surface area contributed by atoms with Crippen molar-refractivity contribution >= 4 is 18.0 Å². The van der Waals surface area contributed by atoms with Crippen LogP contribution < -0.4 is 10.6 Å². The van der Waals surface area contributed by atoms with Crippen LogP contribution in [0.5, 0.6) is 0 Å². The molecule has 0 heterocycles. The number of carboxylic acid groups (broad SMARTS) is 1. The second-order valence-electron chi connectivity index (χ2n) is 9.05. The predicted molar refractivity (Wildman–Crippen MR) is 126 cm³/mol. The van der Waals surface area contributed by atoms with Gasteiger partial charge in [0, 0.05) is 12.5 Å². The van der Waals surface area contributed by atoms with Crippen molar-refractivity contribution in [3.05, 3.63) is 59.7 Å². The molecule has 0 saturated carbocycles. The molecule has 0 atom stereocenters. The Bertz CT molecular complexity index is 997. The molecular weight excluding hydrogens is 420 g/mol. The highest BCUT2D eigenvalue weighted by molar-refractivity contribution is 5.90. The first-order valence-electron chi connectivity index (χ1n) is 11.3. The Kier molecular flexibility index (Phi) is 7.10. The van der Waals surface area contributed by atoms with E-state index in [-0.39, 0.29) is 19.1 Å². The summed E-state index contributed by atoms with van der Waals surface area (Å²) in [6.45, 7) is 6.79. The average Bonchev–Trinajstić information content (AvgIpc) is 3.12. The number of fused-ring (bicyclic) bond motifs is 3. The Balaban J connectivity index is 1.65. The Labute approximate surface area is 194 Å². The number of hydrogen-bond donors (Lipinski definition) is 3. The van der Waals surface area contributed by atoms with Gasteiger partial charge in [-0.2, -0.15) is 0 Å². The van der Waals surface area contributed by atoms with E-state index in [1.165, 1.54) is 13.8 Å². The normalized spacial score (nSPS) is 13.1. The number of ether oxygens (including phenoxy) is 1. The molecule has 0 aromatic heterocycles. The summed E-state index contributed by atoms with van der Waals surface area (Å²) in [7, 11) is 0. The zero-order valence-corrected chi connectivity index (χ0v) is 19.6. The molecule has 3 N–H and O–H groups in total. The molecule has 33 heavy (non-hydrogen) atoms. The molecule has 0 bridgehead atoms. The van der Waals surface area contributed by atoms with Crippen LogP contribution in [0.25, 0.3) is 11.1 Å². The van der Waals surface area contributed by atoms with Crippen molar-refractivity contribution in [3.8, 4) is 11.1 Å². The molecule has 176 valence electrons. The fourth-order valence-corrected chi connectivity index (χ4v) is 4.26. The number of carbonyl (C=O) groups excluding carboxylic acids is 2. The molecule has 7 heteroatoms. The van der Waals surface area contributed by atoms with Gasteiger partial charge < -0.3 is 20.5 Å². The van der Waals surface area contributed by atoms with Gasteiger partial charge in [0.1, 0.15) is 12.1 Å². The highest BCUT2D eigenvalue weighted by atomic mass is 16.5. The summed E-state index contributed by atoms with van der Waals surface area (Å²) < 4.78 is 5.57. The third-order valence-corrected chi connectivity index (χ3v) is 6.71. The summed E-state index contributed by atoms with van der Waals surface area (Å²) in [5, 5.41) is 14.6. The zero-order valence-electron chi connectivity index (χ0n) is 19.6. The summed E-state index contributed by atoms with van der Waals surface area (Å²) in [5.74, 6) is -1.58. The second kappa shape index (κ2) is 9.65. The minimum atomic E-state index is -1.41. The largest absolute Gasteiger partial charge is 0.480 e. The Hall–Kier alpha value is -3.35. The van der Waals surface area contributed by atoms with Gasteiger partial charge in [-0.1, -0.05) is 62.4 Å². The highest BCUT2D eigenvalue weighted by Gasteiger charge is 2.40. The number of carboxylic acids is 1. The van der Waals surface area contributed by atoms with Crippen LogP contribution in [0.1, 0.15) is 57.6 Å². The van der Waals surface area contributed by atoms with E-state index in [1.54, 1.807) is 0 Å². The lowest BCUT2D eigenvalue weighted by atomic mass is 9.80. The van der Waals surface area contributed by atoms with Gasteiger partial charge in [0.15, 0.2) is 0 Å². The van der Waals surface area contributed by atoms with Gasteiger partial charge in [-0.15, -0.1) is 0 Å². The van der Waals surface area contributed by atoms with Crippen molar-refractivity contribution in [1.82, 2.24) is 10.6 Å². The fraction of sp³-hybridized carbons (Fsp3) is 0.423. The molecular formula is C26H32N2O5. The monoisotopic (exact) mass is 452 g/mol. The summed E-state index contributed by atoms with van der Waals surface area (Å²) >= 11 is 0. The third kappa shape index (κ3) is 4.87. The van der Waals surface area contributed by atoms with Crippen LogP contribution in [-0.4, -0.2) is 41.8 Å². The molecule has 2 amide bonds. The van der Waals surface area contributed by atoms with E-state index in [0.717, 1.165) is 22.3 Å². The third-order valence-electron chi connectivity index (χ3n) is 6.71. The molecule has 0 spiro atoms. The van der Waals surface area contributed by atoms with Crippen LogP contribution in [0.15, 0.2) is 48.5 Å². The predicted octanol–water partition coefficient (Wildman–Crippen LogP) is 4.31. The van der Waals surface area contributed by atoms with Crippen molar-refractivity contribution in [2.24, 2.45) is 5.41 Å². The van der Waals surface area contributed by atoms with Crippen molar-refractivity contribution in [2.45, 2.75) is 52.0 Å². The molecule has 2 aromatic rings. The van der Waals surface area contributed by atoms with Crippen molar-refractivity contribution < 1.29 is 24.2 Å². The Morgan fingerprint density at radius 3 is 1.94 bits per heavy atom. The maximum Gasteiger partial charge on any atom is 0.407 e. The van der Waals surface area contributed by atoms with Crippen LogP contribution in [0.2, 0.25) is 0 Å².